The quantitative estimate of drug-likeness (QED) is 0.646. The van der Waals surface area contributed by atoms with E-state index in [0.717, 1.165) is 18.4 Å². The summed E-state index contributed by atoms with van der Waals surface area (Å²) >= 11 is 0. The number of Topliss-reactive ketones (excluding diaryl/α,β-unsaturated/α-hetero) is 1. The molecule has 0 unspecified atom stereocenters. The van der Waals surface area contributed by atoms with Crippen LogP contribution < -0.4 is 0 Å². The van der Waals surface area contributed by atoms with Gasteiger partial charge < -0.3 is 15.3 Å². The number of aliphatic hydroxyl groups excluding tert-OH is 2. The van der Waals surface area contributed by atoms with Gasteiger partial charge >= 0.3 is 0 Å². The number of carbonyl (C=O) groups is 1. The van der Waals surface area contributed by atoms with Gasteiger partial charge in [-0.1, -0.05) is 37.6 Å². The Bertz CT molecular complexity index is 732. The normalized spacial score (nSPS) is 54.0. The summed E-state index contributed by atoms with van der Waals surface area (Å²) in [7, 11) is 0. The monoisotopic (exact) mass is 378 g/mol. The Balaban J connectivity index is 1.84. The van der Waals surface area contributed by atoms with E-state index in [1.807, 2.05) is 26.0 Å². The zero-order valence-electron chi connectivity index (χ0n) is 16.4. The molecule has 0 aliphatic heterocycles. The topological polar surface area (TPSA) is 77.8 Å². The summed E-state index contributed by atoms with van der Waals surface area (Å²) in [6.45, 7) is 4.76. The van der Waals surface area contributed by atoms with Crippen LogP contribution in [0.15, 0.2) is 23.8 Å². The number of aliphatic hydroxyl groups is 3. The zero-order chi connectivity index (χ0) is 19.8. The second kappa shape index (κ2) is 5.74. The van der Waals surface area contributed by atoms with Gasteiger partial charge in [0.05, 0.1) is 6.10 Å². The molecular formula is C22H31FO4. The van der Waals surface area contributed by atoms with Crippen molar-refractivity contribution in [1.29, 1.82) is 0 Å². The maximum Gasteiger partial charge on any atom is 0.190 e. The van der Waals surface area contributed by atoms with Crippen LogP contribution in [0.4, 0.5) is 4.39 Å². The van der Waals surface area contributed by atoms with Crippen molar-refractivity contribution in [1.82, 2.24) is 0 Å². The number of rotatable bonds is 2. The molecule has 8 atom stereocenters. The van der Waals surface area contributed by atoms with Crippen LogP contribution in [0.1, 0.15) is 52.9 Å². The number of hydrogen-bond acceptors (Lipinski definition) is 4. The van der Waals surface area contributed by atoms with E-state index in [1.165, 1.54) is 0 Å². The third-order valence-corrected chi connectivity index (χ3v) is 8.85. The lowest BCUT2D eigenvalue weighted by Gasteiger charge is -2.62. The van der Waals surface area contributed by atoms with Crippen LogP contribution in [-0.2, 0) is 4.79 Å². The first kappa shape index (κ1) is 19.3. The molecule has 0 spiro atoms. The number of halogens is 1. The Morgan fingerprint density at radius 2 is 2.04 bits per heavy atom. The molecule has 3 fully saturated rings. The number of fused-ring (bicyclic) bond motifs is 5. The highest BCUT2D eigenvalue weighted by Gasteiger charge is 2.75. The van der Waals surface area contributed by atoms with Gasteiger partial charge in [0.2, 0.25) is 0 Å². The van der Waals surface area contributed by atoms with Crippen LogP contribution in [0.5, 0.6) is 0 Å². The number of carbonyl (C=O) groups excluding carboxylic acids is 1. The van der Waals surface area contributed by atoms with E-state index in [-0.39, 0.29) is 18.3 Å². The molecule has 4 aliphatic rings. The first-order chi connectivity index (χ1) is 12.6. The van der Waals surface area contributed by atoms with Crippen molar-refractivity contribution in [2.75, 3.05) is 6.61 Å². The fourth-order valence-electron chi connectivity index (χ4n) is 7.40. The van der Waals surface area contributed by atoms with Crippen molar-refractivity contribution < 1.29 is 24.5 Å². The van der Waals surface area contributed by atoms with Gasteiger partial charge in [0, 0.05) is 16.7 Å². The first-order valence-corrected chi connectivity index (χ1v) is 10.2. The molecule has 0 saturated heterocycles. The number of hydrogen-bond donors (Lipinski definition) is 3. The minimum Gasteiger partial charge on any atom is -0.390 e. The average Bonchev–Trinajstić information content (AvgIpc) is 2.83. The van der Waals surface area contributed by atoms with Crippen molar-refractivity contribution in [3.63, 3.8) is 0 Å². The third kappa shape index (κ3) is 2.01. The van der Waals surface area contributed by atoms with Crippen molar-refractivity contribution in [2.45, 2.75) is 70.2 Å². The highest BCUT2D eigenvalue weighted by molar-refractivity contribution is 5.90. The van der Waals surface area contributed by atoms with E-state index in [0.29, 0.717) is 12.8 Å². The summed E-state index contributed by atoms with van der Waals surface area (Å²) in [6, 6.07) is 0. The van der Waals surface area contributed by atoms with E-state index < -0.39 is 46.5 Å². The fraction of sp³-hybridized carbons (Fsp3) is 0.773. The van der Waals surface area contributed by atoms with Crippen LogP contribution >= 0.6 is 0 Å². The lowest BCUT2D eigenvalue weighted by atomic mass is 9.44. The largest absolute Gasteiger partial charge is 0.390 e. The minimum absolute atomic E-state index is 0.0218. The van der Waals surface area contributed by atoms with Crippen LogP contribution in [0, 0.1) is 28.6 Å². The summed E-state index contributed by atoms with van der Waals surface area (Å²) in [5.74, 6) is -1.64. The third-order valence-electron chi connectivity index (χ3n) is 8.85. The SMILES string of the molecule is C[C@@H]1C[C@H]2[C@@H]3CCC4=CCC=C[C@]4(C)[C@@]3(F)[C@@H](O)C[C@]2(C)[C@@]1(O)C(=O)CO. The predicted molar refractivity (Wildman–Crippen MR) is 99.6 cm³/mol. The molecule has 0 amide bonds. The Labute approximate surface area is 160 Å². The van der Waals surface area contributed by atoms with Crippen LogP contribution in [0.25, 0.3) is 0 Å². The van der Waals surface area contributed by atoms with Gasteiger partial charge in [-0.05, 0) is 50.9 Å². The van der Waals surface area contributed by atoms with Crippen molar-refractivity contribution in [2.24, 2.45) is 28.6 Å². The van der Waals surface area contributed by atoms with Gasteiger partial charge in [-0.3, -0.25) is 4.79 Å². The molecule has 3 saturated carbocycles. The maximum atomic E-state index is 16.8. The Kier molecular flexibility index (Phi) is 4.10. The molecule has 0 aromatic heterocycles. The molecule has 150 valence electrons. The average molecular weight is 378 g/mol. The first-order valence-electron chi connectivity index (χ1n) is 10.2. The van der Waals surface area contributed by atoms with Crippen LogP contribution in [0.3, 0.4) is 0 Å². The molecule has 5 heteroatoms. The highest BCUT2D eigenvalue weighted by atomic mass is 19.1. The van der Waals surface area contributed by atoms with Crippen molar-refractivity contribution in [3.05, 3.63) is 23.8 Å². The summed E-state index contributed by atoms with van der Waals surface area (Å²) in [5, 5.41) is 32.0. The number of allylic oxidation sites excluding steroid dienone is 4. The molecule has 0 radical (unpaired) electrons. The second-order valence-corrected chi connectivity index (χ2v) is 9.71. The molecule has 0 heterocycles. The summed E-state index contributed by atoms with van der Waals surface area (Å²) in [6.07, 6.45) is 7.43. The zero-order valence-corrected chi connectivity index (χ0v) is 16.4. The maximum absolute atomic E-state index is 16.8. The molecule has 27 heavy (non-hydrogen) atoms. The van der Waals surface area contributed by atoms with Crippen LogP contribution in [0.2, 0.25) is 0 Å². The molecule has 0 aromatic carbocycles. The van der Waals surface area contributed by atoms with E-state index in [4.69, 9.17) is 0 Å². The van der Waals surface area contributed by atoms with E-state index in [9.17, 15) is 20.1 Å². The number of ketones is 1. The summed E-state index contributed by atoms with van der Waals surface area (Å²) in [5.41, 5.74) is -4.28. The molecule has 4 aliphatic carbocycles. The van der Waals surface area contributed by atoms with E-state index >= 15 is 4.39 Å². The van der Waals surface area contributed by atoms with Crippen LogP contribution in [-0.4, -0.2) is 45.1 Å². The minimum atomic E-state index is -1.81. The predicted octanol–water partition coefficient (Wildman–Crippen LogP) is 2.72. The lowest BCUT2D eigenvalue weighted by molar-refractivity contribution is -0.219. The fourth-order valence-corrected chi connectivity index (χ4v) is 7.40. The molecule has 0 bridgehead atoms. The van der Waals surface area contributed by atoms with E-state index in [1.54, 1.807) is 6.92 Å². The Morgan fingerprint density at radius 1 is 1.33 bits per heavy atom. The number of alkyl halides is 1. The lowest BCUT2D eigenvalue weighted by Crippen LogP contribution is -2.69. The smallest absolute Gasteiger partial charge is 0.190 e. The Hall–Kier alpha value is -1.04. The van der Waals surface area contributed by atoms with Gasteiger partial charge in [-0.25, -0.2) is 4.39 Å². The van der Waals surface area contributed by atoms with Gasteiger partial charge in [0.1, 0.15) is 12.2 Å². The van der Waals surface area contributed by atoms with E-state index in [2.05, 4.69) is 6.08 Å². The van der Waals surface area contributed by atoms with Gasteiger partial charge in [0.25, 0.3) is 0 Å². The van der Waals surface area contributed by atoms with Crippen molar-refractivity contribution >= 4 is 5.78 Å². The second-order valence-electron chi connectivity index (χ2n) is 9.71. The molecule has 0 aromatic rings. The standard InChI is InChI=1S/C22H31FO4/c1-13-10-16-15-8-7-14-6-4-5-9-19(14,2)21(15,23)17(25)11-20(16,3)22(13,27)18(26)12-24/h5-6,9,13,15-17,24-25,27H,4,7-8,10-12H2,1-3H3/t13-,15+,16+,17+,19+,20+,21+,22+/m1/s1. The Morgan fingerprint density at radius 3 is 2.70 bits per heavy atom. The molecule has 4 nitrogen and oxygen atoms in total. The highest BCUT2D eigenvalue weighted by Crippen LogP contribution is 2.70. The van der Waals surface area contributed by atoms with Crippen molar-refractivity contribution in [3.8, 4) is 0 Å². The summed E-state index contributed by atoms with van der Waals surface area (Å²) in [4.78, 5) is 12.5. The summed E-state index contributed by atoms with van der Waals surface area (Å²) < 4.78 is 16.8. The van der Waals surface area contributed by atoms with Gasteiger partial charge in [0.15, 0.2) is 11.5 Å². The van der Waals surface area contributed by atoms with Gasteiger partial charge in [-0.2, -0.15) is 0 Å². The molecule has 3 N–H and O–H groups in total. The van der Waals surface area contributed by atoms with Gasteiger partial charge in [-0.15, -0.1) is 0 Å². The molecule has 4 rings (SSSR count). The molecular weight excluding hydrogens is 347 g/mol.